The molecule has 19 heavy (non-hydrogen) atoms. The average molecular weight is 287 g/mol. The number of thiophene rings is 1. The molecular weight excluding hydrogens is 279 g/mol. The third-order valence-electron chi connectivity index (χ3n) is 2.62. The Morgan fingerprint density at radius 1 is 1.21 bits per heavy atom. The van der Waals surface area contributed by atoms with Crippen LogP contribution >= 0.6 is 11.3 Å². The molecule has 0 N–H and O–H groups in total. The molecule has 0 saturated carbocycles. The van der Waals surface area contributed by atoms with Gasteiger partial charge in [0.1, 0.15) is 24.0 Å². The van der Waals surface area contributed by atoms with E-state index in [0.29, 0.717) is 12.2 Å². The van der Waals surface area contributed by atoms with Crippen molar-refractivity contribution in [3.63, 3.8) is 0 Å². The number of hydrogen-bond donors (Lipinski definition) is 0. The zero-order chi connectivity index (χ0) is 13.6. The van der Waals surface area contributed by atoms with Gasteiger partial charge in [-0.1, -0.05) is 0 Å². The van der Waals surface area contributed by atoms with E-state index in [0.717, 1.165) is 0 Å². The van der Waals surface area contributed by atoms with Gasteiger partial charge in [0.25, 0.3) is 0 Å². The Morgan fingerprint density at radius 3 is 2.47 bits per heavy atom. The maximum atomic E-state index is 13.1. The molecule has 0 bridgehead atoms. The molecule has 0 saturated heterocycles. The van der Waals surface area contributed by atoms with Gasteiger partial charge in [0.2, 0.25) is 0 Å². The van der Waals surface area contributed by atoms with Crippen LogP contribution in [0.1, 0.15) is 5.69 Å². The largest absolute Gasteiger partial charge is 0.437 e. The highest BCUT2D eigenvalue weighted by Crippen LogP contribution is 2.36. The van der Waals surface area contributed by atoms with Crippen LogP contribution < -0.4 is 5.01 Å². The third kappa shape index (κ3) is 2.04. The first-order valence-electron chi connectivity index (χ1n) is 5.28. The van der Waals surface area contributed by atoms with Crippen LogP contribution in [0.5, 0.6) is 0 Å². The molecule has 2 aromatic rings. The van der Waals surface area contributed by atoms with Crippen LogP contribution in [0.2, 0.25) is 0 Å². The summed E-state index contributed by atoms with van der Waals surface area (Å²) in [6.07, 6.45) is -3.24. The summed E-state index contributed by atoms with van der Waals surface area (Å²) in [5, 5.41) is 5.99. The molecule has 0 amide bonds. The first-order chi connectivity index (χ1) is 8.97. The third-order valence-corrected chi connectivity index (χ3v) is 3.34. The molecule has 3 heterocycles. The Balaban J connectivity index is 2.22. The van der Waals surface area contributed by atoms with E-state index < -0.39 is 11.9 Å². The summed E-state index contributed by atoms with van der Waals surface area (Å²) in [5.41, 5.74) is -0.305. The molecule has 2 aromatic heterocycles. The summed E-state index contributed by atoms with van der Waals surface area (Å²) in [6, 6.07) is 0. The summed E-state index contributed by atoms with van der Waals surface area (Å²) >= 11 is 1.27. The molecule has 1 aliphatic heterocycles. The second-order valence-electron chi connectivity index (χ2n) is 3.98. The van der Waals surface area contributed by atoms with Crippen LogP contribution in [0.3, 0.4) is 0 Å². The van der Waals surface area contributed by atoms with Crippen molar-refractivity contribution in [2.45, 2.75) is 6.18 Å². The van der Waals surface area contributed by atoms with Gasteiger partial charge in [-0.2, -0.15) is 18.2 Å². The van der Waals surface area contributed by atoms with Crippen molar-refractivity contribution in [2.24, 2.45) is 4.99 Å². The highest BCUT2D eigenvalue weighted by atomic mass is 32.1. The minimum atomic E-state index is -4.56. The van der Waals surface area contributed by atoms with E-state index in [1.807, 2.05) is 0 Å². The first kappa shape index (κ1) is 12.3. The van der Waals surface area contributed by atoms with Crippen LogP contribution in [0, 0.1) is 0 Å². The number of aliphatic imine (C=N–C) groups is 1. The van der Waals surface area contributed by atoms with Crippen molar-refractivity contribution < 1.29 is 13.2 Å². The first-order valence-corrected chi connectivity index (χ1v) is 6.22. The standard InChI is InChI=1S/C10H8F3N5S/c1-17-4-14-5-18(17)9-8(10(11,12)13)15-6-2-19-3-7(6)16-9/h2-3,5H,4H2,1H3. The Hall–Kier alpha value is -1.74. The number of fused-ring (bicyclic) bond motifs is 1. The normalized spacial score (nSPS) is 16.7. The van der Waals surface area contributed by atoms with Crippen molar-refractivity contribution in [1.82, 2.24) is 15.0 Å². The van der Waals surface area contributed by atoms with Crippen LogP contribution in [-0.4, -0.2) is 35.0 Å². The molecule has 0 unspecified atom stereocenters. The summed E-state index contributed by atoms with van der Waals surface area (Å²) in [7, 11) is 1.63. The molecule has 9 heteroatoms. The van der Waals surface area contributed by atoms with Gasteiger partial charge >= 0.3 is 6.18 Å². The smallest absolute Gasteiger partial charge is 0.257 e. The lowest BCUT2D eigenvalue weighted by atomic mass is 10.3. The topological polar surface area (TPSA) is 44.6 Å². The Kier molecular flexibility index (Phi) is 2.68. The number of halogens is 3. The van der Waals surface area contributed by atoms with Gasteiger partial charge in [-0.3, -0.25) is 4.99 Å². The van der Waals surface area contributed by atoms with Gasteiger partial charge in [0.05, 0.1) is 0 Å². The number of aromatic nitrogens is 2. The summed E-state index contributed by atoms with van der Waals surface area (Å²) in [4.78, 5) is 11.6. The second-order valence-corrected chi connectivity index (χ2v) is 4.72. The maximum Gasteiger partial charge on any atom is 0.437 e. The van der Waals surface area contributed by atoms with Gasteiger partial charge in [0, 0.05) is 17.8 Å². The summed E-state index contributed by atoms with van der Waals surface area (Å²) in [6.45, 7) is 0.292. The molecule has 100 valence electrons. The number of hydrazine groups is 1. The summed E-state index contributed by atoms with van der Waals surface area (Å²) in [5.74, 6) is -0.248. The molecule has 3 rings (SSSR count). The van der Waals surface area contributed by atoms with Crippen molar-refractivity contribution in [2.75, 3.05) is 18.7 Å². The van der Waals surface area contributed by atoms with Gasteiger partial charge in [0.15, 0.2) is 11.5 Å². The highest BCUT2D eigenvalue weighted by molar-refractivity contribution is 7.09. The van der Waals surface area contributed by atoms with Gasteiger partial charge in [-0.15, -0.1) is 11.3 Å². The molecule has 0 aromatic carbocycles. The van der Waals surface area contributed by atoms with E-state index in [-0.39, 0.29) is 11.3 Å². The molecular formula is C10H8F3N5S. The van der Waals surface area contributed by atoms with Gasteiger partial charge < -0.3 is 0 Å². The van der Waals surface area contributed by atoms with Crippen molar-refractivity contribution in [3.8, 4) is 0 Å². The predicted molar refractivity (Wildman–Crippen MR) is 66.0 cm³/mol. The Labute approximate surface area is 110 Å². The fourth-order valence-corrected chi connectivity index (χ4v) is 2.42. The van der Waals surface area contributed by atoms with E-state index in [9.17, 15) is 13.2 Å². The number of alkyl halides is 3. The minimum Gasteiger partial charge on any atom is -0.257 e. The molecule has 1 aliphatic rings. The highest BCUT2D eigenvalue weighted by Gasteiger charge is 2.39. The Morgan fingerprint density at radius 2 is 1.89 bits per heavy atom. The number of rotatable bonds is 1. The lowest BCUT2D eigenvalue weighted by molar-refractivity contribution is -0.140. The quantitative estimate of drug-likeness (QED) is 0.807. The number of nitrogens with zero attached hydrogens (tertiary/aromatic N) is 5. The van der Waals surface area contributed by atoms with Gasteiger partial charge in [-0.25, -0.2) is 15.0 Å². The van der Waals surface area contributed by atoms with E-state index in [2.05, 4.69) is 15.0 Å². The molecule has 0 spiro atoms. The summed E-state index contributed by atoms with van der Waals surface area (Å²) < 4.78 is 39.2. The number of hydrogen-bond acceptors (Lipinski definition) is 6. The van der Waals surface area contributed by atoms with Crippen molar-refractivity contribution >= 4 is 34.5 Å². The SMILES string of the molecule is CN1CN=CN1c1nc2cscc2nc1C(F)(F)F. The van der Waals surface area contributed by atoms with Crippen LogP contribution in [-0.2, 0) is 6.18 Å². The van der Waals surface area contributed by atoms with Gasteiger partial charge in [-0.05, 0) is 0 Å². The van der Waals surface area contributed by atoms with Crippen LogP contribution in [0.15, 0.2) is 15.8 Å². The molecule has 0 aliphatic carbocycles. The number of anilines is 1. The van der Waals surface area contributed by atoms with Crippen molar-refractivity contribution in [1.29, 1.82) is 0 Å². The zero-order valence-electron chi connectivity index (χ0n) is 9.72. The maximum absolute atomic E-state index is 13.1. The molecule has 5 nitrogen and oxygen atoms in total. The van der Waals surface area contributed by atoms with E-state index in [1.165, 1.54) is 27.7 Å². The fourth-order valence-electron chi connectivity index (χ4n) is 1.74. The molecule has 0 atom stereocenters. The molecule has 0 fully saturated rings. The molecule has 0 radical (unpaired) electrons. The second kappa shape index (κ2) is 4.14. The monoisotopic (exact) mass is 287 g/mol. The zero-order valence-corrected chi connectivity index (χ0v) is 10.5. The lowest BCUT2D eigenvalue weighted by Crippen LogP contribution is -2.36. The van der Waals surface area contributed by atoms with E-state index in [4.69, 9.17) is 0 Å². The van der Waals surface area contributed by atoms with Crippen molar-refractivity contribution in [3.05, 3.63) is 16.5 Å². The van der Waals surface area contributed by atoms with Crippen LogP contribution in [0.25, 0.3) is 11.0 Å². The van der Waals surface area contributed by atoms with E-state index >= 15 is 0 Å². The minimum absolute atomic E-state index is 0.248. The fraction of sp³-hybridized carbons (Fsp3) is 0.300. The van der Waals surface area contributed by atoms with E-state index in [1.54, 1.807) is 17.8 Å². The lowest BCUT2D eigenvalue weighted by Gasteiger charge is -2.24. The average Bonchev–Trinajstić information content (AvgIpc) is 2.93. The Bertz CT molecular complexity index is 650. The predicted octanol–water partition coefficient (Wildman–Crippen LogP) is 2.36. The van der Waals surface area contributed by atoms with Crippen LogP contribution in [0.4, 0.5) is 19.0 Å².